The second kappa shape index (κ2) is 5.11. The molecule has 0 spiro atoms. The Balaban J connectivity index is 2.04. The molecule has 0 saturated carbocycles. The Morgan fingerprint density at radius 2 is 2.00 bits per heavy atom. The Morgan fingerprint density at radius 3 is 2.59 bits per heavy atom. The zero-order valence-electron chi connectivity index (χ0n) is 10.7. The molecule has 1 aliphatic rings. The van der Waals surface area contributed by atoms with Crippen LogP contribution in [0.25, 0.3) is 0 Å². The Kier molecular flexibility index (Phi) is 3.93. The Morgan fingerprint density at radius 1 is 1.24 bits per heavy atom. The van der Waals surface area contributed by atoms with Crippen LogP contribution in [-0.2, 0) is 0 Å². The lowest BCUT2D eigenvalue weighted by atomic mass is 9.77. The molecule has 1 unspecified atom stereocenters. The Hall–Kier alpha value is -0.350. The largest absolute Gasteiger partial charge is 0.353 e. The highest BCUT2D eigenvalue weighted by molar-refractivity contribution is 6.99. The molecule has 1 aromatic rings. The molecule has 17 heavy (non-hydrogen) atoms. The fraction of sp³-hybridized carbons (Fsp3) is 0.833. The summed E-state index contributed by atoms with van der Waals surface area (Å²) in [6.45, 7) is 9.12. The number of anilines is 1. The van der Waals surface area contributed by atoms with Crippen LogP contribution in [0.5, 0.6) is 0 Å². The van der Waals surface area contributed by atoms with E-state index in [-0.39, 0.29) is 0 Å². The van der Waals surface area contributed by atoms with Crippen molar-refractivity contribution in [2.24, 2.45) is 11.3 Å². The van der Waals surface area contributed by atoms with Gasteiger partial charge in [0, 0.05) is 13.1 Å². The fourth-order valence-electron chi connectivity index (χ4n) is 2.54. The van der Waals surface area contributed by atoms with Crippen LogP contribution in [0.15, 0.2) is 0 Å². The lowest BCUT2D eigenvalue weighted by Gasteiger charge is -2.29. The summed E-state index contributed by atoms with van der Waals surface area (Å²) in [4.78, 5) is 2.29. The van der Waals surface area contributed by atoms with Gasteiger partial charge in [0.1, 0.15) is 0 Å². The summed E-state index contributed by atoms with van der Waals surface area (Å²) in [5.41, 5.74) is 0.403. The summed E-state index contributed by atoms with van der Waals surface area (Å²) in [6, 6.07) is 0. The number of rotatable bonds is 1. The first-order valence-electron chi connectivity index (χ1n) is 6.21. The van der Waals surface area contributed by atoms with Gasteiger partial charge < -0.3 is 4.90 Å². The summed E-state index contributed by atoms with van der Waals surface area (Å²) in [7, 11) is 0. The Labute approximate surface area is 112 Å². The van der Waals surface area contributed by atoms with Crippen molar-refractivity contribution in [3.63, 3.8) is 0 Å². The highest BCUT2D eigenvalue weighted by Crippen LogP contribution is 2.35. The van der Waals surface area contributed by atoms with Gasteiger partial charge in [-0.25, -0.2) is 0 Å². The molecule has 0 aliphatic carbocycles. The van der Waals surface area contributed by atoms with Gasteiger partial charge in [-0.05, 0) is 30.6 Å². The van der Waals surface area contributed by atoms with Gasteiger partial charge >= 0.3 is 0 Å². The van der Waals surface area contributed by atoms with Gasteiger partial charge in [0.15, 0.2) is 11.0 Å². The average molecular weight is 274 g/mol. The lowest BCUT2D eigenvalue weighted by Crippen LogP contribution is -2.26. The van der Waals surface area contributed by atoms with E-state index >= 15 is 0 Å². The molecule has 0 aromatic carbocycles. The minimum Gasteiger partial charge on any atom is -0.353 e. The first-order valence-corrected chi connectivity index (χ1v) is 7.32. The van der Waals surface area contributed by atoms with Gasteiger partial charge in [-0.1, -0.05) is 32.4 Å². The van der Waals surface area contributed by atoms with Crippen molar-refractivity contribution in [2.45, 2.75) is 40.0 Å². The van der Waals surface area contributed by atoms with E-state index in [4.69, 9.17) is 11.6 Å². The van der Waals surface area contributed by atoms with E-state index in [1.807, 2.05) is 0 Å². The zero-order valence-corrected chi connectivity index (χ0v) is 12.3. The zero-order chi connectivity index (χ0) is 12.5. The summed E-state index contributed by atoms with van der Waals surface area (Å²) in [5, 5.41) is 0.559. The third-order valence-corrected chi connectivity index (χ3v) is 4.56. The quantitative estimate of drug-likeness (QED) is 0.778. The molecule has 1 aliphatic heterocycles. The predicted octanol–water partition coefficient (Wildman–Crippen LogP) is 3.84. The van der Waals surface area contributed by atoms with E-state index in [9.17, 15) is 0 Å². The van der Waals surface area contributed by atoms with Gasteiger partial charge in [-0.3, -0.25) is 0 Å². The van der Waals surface area contributed by atoms with Crippen LogP contribution in [0.1, 0.15) is 40.0 Å². The average Bonchev–Trinajstić information content (AvgIpc) is 2.53. The van der Waals surface area contributed by atoms with Crippen molar-refractivity contribution in [1.82, 2.24) is 8.75 Å². The van der Waals surface area contributed by atoms with Gasteiger partial charge in [0.25, 0.3) is 0 Å². The van der Waals surface area contributed by atoms with Gasteiger partial charge in [-0.2, -0.15) is 8.75 Å². The predicted molar refractivity (Wildman–Crippen MR) is 73.9 cm³/mol. The molecular weight excluding hydrogens is 254 g/mol. The smallest absolute Gasteiger partial charge is 0.187 e. The molecule has 1 atom stereocenters. The third-order valence-electron chi connectivity index (χ3n) is 3.69. The first kappa shape index (κ1) is 13.1. The Bertz CT molecular complexity index is 372. The van der Waals surface area contributed by atoms with Crippen LogP contribution in [0.2, 0.25) is 5.15 Å². The van der Waals surface area contributed by atoms with E-state index in [1.165, 1.54) is 31.0 Å². The maximum absolute atomic E-state index is 6.05. The molecule has 0 N–H and O–H groups in total. The summed E-state index contributed by atoms with van der Waals surface area (Å²) >= 11 is 7.25. The minimum atomic E-state index is 0.403. The monoisotopic (exact) mass is 273 g/mol. The topological polar surface area (TPSA) is 29.0 Å². The third kappa shape index (κ3) is 3.10. The maximum atomic E-state index is 6.05. The fourth-order valence-corrected chi connectivity index (χ4v) is 3.31. The number of hydrogen-bond acceptors (Lipinski definition) is 4. The normalized spacial score (nSPS) is 22.6. The van der Waals surface area contributed by atoms with Crippen LogP contribution < -0.4 is 4.90 Å². The second-order valence-corrected chi connectivity index (χ2v) is 6.75. The molecule has 1 fully saturated rings. The van der Waals surface area contributed by atoms with Crippen molar-refractivity contribution in [1.29, 1.82) is 0 Å². The standard InChI is InChI=1S/C12H20ClN3S/c1-12(2,3)9-5-4-7-16(8-6-9)11-10(13)14-17-15-11/h9H,4-8H2,1-3H3. The van der Waals surface area contributed by atoms with Crippen LogP contribution in [-0.4, -0.2) is 21.8 Å². The van der Waals surface area contributed by atoms with Gasteiger partial charge in [0.2, 0.25) is 0 Å². The summed E-state index contributed by atoms with van der Waals surface area (Å²) < 4.78 is 8.34. The number of aromatic nitrogens is 2. The second-order valence-electron chi connectivity index (χ2n) is 5.86. The summed E-state index contributed by atoms with van der Waals surface area (Å²) in [6.07, 6.45) is 3.74. The molecule has 3 nitrogen and oxygen atoms in total. The first-order chi connectivity index (χ1) is 7.98. The van der Waals surface area contributed by atoms with E-state index < -0.39 is 0 Å². The van der Waals surface area contributed by atoms with Crippen molar-refractivity contribution in [3.8, 4) is 0 Å². The molecule has 0 radical (unpaired) electrons. The van der Waals surface area contributed by atoms with E-state index in [2.05, 4.69) is 34.4 Å². The minimum absolute atomic E-state index is 0.403. The molecule has 1 saturated heterocycles. The van der Waals surface area contributed by atoms with Crippen LogP contribution in [0, 0.1) is 11.3 Å². The molecule has 96 valence electrons. The summed E-state index contributed by atoms with van der Waals surface area (Å²) in [5.74, 6) is 1.67. The van der Waals surface area contributed by atoms with Gasteiger partial charge in [0.05, 0.1) is 11.7 Å². The number of halogens is 1. The van der Waals surface area contributed by atoms with Gasteiger partial charge in [-0.15, -0.1) is 0 Å². The van der Waals surface area contributed by atoms with Crippen molar-refractivity contribution in [3.05, 3.63) is 5.15 Å². The molecule has 2 heterocycles. The highest BCUT2D eigenvalue weighted by Gasteiger charge is 2.28. The van der Waals surface area contributed by atoms with E-state index in [0.29, 0.717) is 10.6 Å². The number of hydrogen-bond donors (Lipinski definition) is 0. The lowest BCUT2D eigenvalue weighted by molar-refractivity contribution is 0.220. The van der Waals surface area contributed by atoms with Crippen molar-refractivity contribution < 1.29 is 0 Å². The van der Waals surface area contributed by atoms with Crippen molar-refractivity contribution >= 4 is 29.1 Å². The van der Waals surface area contributed by atoms with Crippen molar-refractivity contribution in [2.75, 3.05) is 18.0 Å². The molecular formula is C12H20ClN3S. The van der Waals surface area contributed by atoms with E-state index in [1.54, 1.807) is 0 Å². The van der Waals surface area contributed by atoms with Crippen LogP contribution >= 0.6 is 23.3 Å². The van der Waals surface area contributed by atoms with Crippen LogP contribution in [0.3, 0.4) is 0 Å². The molecule has 0 bridgehead atoms. The molecule has 0 amide bonds. The number of nitrogens with zero attached hydrogens (tertiary/aromatic N) is 3. The molecule has 5 heteroatoms. The molecule has 1 aromatic heterocycles. The SMILES string of the molecule is CC(C)(C)C1CCCN(c2nsnc2Cl)CC1. The van der Waals surface area contributed by atoms with E-state index in [0.717, 1.165) is 24.8 Å². The molecule has 2 rings (SSSR count). The maximum Gasteiger partial charge on any atom is 0.187 e. The highest BCUT2D eigenvalue weighted by atomic mass is 35.5. The van der Waals surface area contributed by atoms with Crippen LogP contribution in [0.4, 0.5) is 5.82 Å².